The highest BCUT2D eigenvalue weighted by atomic mass is 15.1. The summed E-state index contributed by atoms with van der Waals surface area (Å²) in [5.74, 6) is 1.23. The van der Waals surface area contributed by atoms with Gasteiger partial charge in [-0.25, -0.2) is 4.98 Å². The zero-order valence-electron chi connectivity index (χ0n) is 15.0. The van der Waals surface area contributed by atoms with Crippen LogP contribution in [0.3, 0.4) is 0 Å². The van der Waals surface area contributed by atoms with Gasteiger partial charge in [-0.15, -0.1) is 0 Å². The zero-order valence-corrected chi connectivity index (χ0v) is 15.0. The van der Waals surface area contributed by atoms with Gasteiger partial charge in [0.1, 0.15) is 5.82 Å². The van der Waals surface area contributed by atoms with Gasteiger partial charge in [-0.3, -0.25) is 0 Å². The Morgan fingerprint density at radius 2 is 2.00 bits per heavy atom. The minimum absolute atomic E-state index is 0.807. The third-order valence-electron chi connectivity index (χ3n) is 5.09. The van der Waals surface area contributed by atoms with Crippen LogP contribution in [-0.4, -0.2) is 53.1 Å². The molecule has 1 aromatic heterocycles. The minimum atomic E-state index is 0.807. The number of hydrogen-bond acceptors (Lipinski definition) is 3. The molecule has 0 saturated heterocycles. The van der Waals surface area contributed by atoms with Crippen molar-refractivity contribution in [3.8, 4) is 0 Å². The lowest BCUT2D eigenvalue weighted by Gasteiger charge is -2.34. The fraction of sp³-hybridized carbons (Fsp3) is 0.632. The molecule has 1 saturated carbocycles. The second-order valence-corrected chi connectivity index (χ2v) is 7.15. The lowest BCUT2D eigenvalue weighted by molar-refractivity contribution is 0.160. The van der Waals surface area contributed by atoms with Gasteiger partial charge in [0.25, 0.3) is 0 Å². The van der Waals surface area contributed by atoms with Crippen molar-refractivity contribution < 1.29 is 0 Å². The highest BCUT2D eigenvalue weighted by Crippen LogP contribution is 2.24. The van der Waals surface area contributed by atoms with Gasteiger partial charge < -0.3 is 14.4 Å². The van der Waals surface area contributed by atoms with Crippen LogP contribution >= 0.6 is 0 Å². The quantitative estimate of drug-likeness (QED) is 0.785. The summed E-state index contributed by atoms with van der Waals surface area (Å²) in [6.45, 7) is 5.28. The predicted octanol–water partition coefficient (Wildman–Crippen LogP) is 3.14. The van der Waals surface area contributed by atoms with E-state index in [4.69, 9.17) is 4.98 Å². The summed E-state index contributed by atoms with van der Waals surface area (Å²) >= 11 is 0. The van der Waals surface area contributed by atoms with Crippen molar-refractivity contribution in [1.29, 1.82) is 0 Å². The summed E-state index contributed by atoms with van der Waals surface area (Å²) < 4.78 is 2.38. The maximum atomic E-state index is 4.94. The number of benzene rings is 1. The molecule has 0 amide bonds. The number of aromatic nitrogens is 2. The third kappa shape index (κ3) is 3.59. The molecular weight excluding hydrogens is 284 g/mol. The molecule has 126 valence electrons. The Morgan fingerprint density at radius 3 is 2.61 bits per heavy atom. The number of hydrogen-bond donors (Lipinski definition) is 0. The van der Waals surface area contributed by atoms with Crippen LogP contribution in [0.5, 0.6) is 0 Å². The lowest BCUT2D eigenvalue weighted by atomic mass is 9.92. The molecule has 23 heavy (non-hydrogen) atoms. The molecule has 1 aliphatic carbocycles. The van der Waals surface area contributed by atoms with E-state index in [0.29, 0.717) is 0 Å². The van der Waals surface area contributed by atoms with Gasteiger partial charge in [-0.2, -0.15) is 0 Å². The van der Waals surface area contributed by atoms with Crippen molar-refractivity contribution in [3.05, 3.63) is 29.6 Å². The number of nitrogens with zero attached hydrogens (tertiary/aromatic N) is 4. The van der Waals surface area contributed by atoms with E-state index in [-0.39, 0.29) is 0 Å². The molecule has 2 aromatic rings. The SMILES string of the molecule is CCn1c(CCN(C)C2CCC2)nc2cc(CN(C)C)ccc21. The molecule has 4 nitrogen and oxygen atoms in total. The van der Waals surface area contributed by atoms with Gasteiger partial charge >= 0.3 is 0 Å². The van der Waals surface area contributed by atoms with Crippen LogP contribution < -0.4 is 0 Å². The van der Waals surface area contributed by atoms with E-state index in [1.807, 2.05) is 0 Å². The summed E-state index contributed by atoms with van der Waals surface area (Å²) in [5, 5.41) is 0. The van der Waals surface area contributed by atoms with Gasteiger partial charge in [-0.1, -0.05) is 12.5 Å². The first-order valence-corrected chi connectivity index (χ1v) is 8.91. The first kappa shape index (κ1) is 16.5. The predicted molar refractivity (Wildman–Crippen MR) is 96.8 cm³/mol. The molecule has 4 heteroatoms. The molecular formula is C19H30N4. The van der Waals surface area contributed by atoms with E-state index >= 15 is 0 Å². The molecule has 0 N–H and O–H groups in total. The summed E-state index contributed by atoms with van der Waals surface area (Å²) in [4.78, 5) is 9.66. The van der Waals surface area contributed by atoms with E-state index in [1.165, 1.54) is 36.2 Å². The molecule has 1 fully saturated rings. The van der Waals surface area contributed by atoms with Crippen LogP contribution in [0.1, 0.15) is 37.6 Å². The topological polar surface area (TPSA) is 24.3 Å². The maximum absolute atomic E-state index is 4.94. The molecule has 1 heterocycles. The van der Waals surface area contributed by atoms with E-state index in [9.17, 15) is 0 Å². The van der Waals surface area contributed by atoms with Gasteiger partial charge in [0.15, 0.2) is 0 Å². The maximum Gasteiger partial charge on any atom is 0.111 e. The monoisotopic (exact) mass is 314 g/mol. The first-order valence-electron chi connectivity index (χ1n) is 8.91. The standard InChI is InChI=1S/C19H30N4/c1-5-23-18-10-9-15(14-21(2)3)13-17(18)20-19(23)11-12-22(4)16-7-6-8-16/h9-10,13,16H,5-8,11-12,14H2,1-4H3. The van der Waals surface area contributed by atoms with Crippen LogP contribution in [0.15, 0.2) is 18.2 Å². The Hall–Kier alpha value is -1.39. The van der Waals surface area contributed by atoms with Crippen LogP contribution in [0.2, 0.25) is 0 Å². The van der Waals surface area contributed by atoms with Crippen LogP contribution in [0.4, 0.5) is 0 Å². The molecule has 1 aliphatic rings. The van der Waals surface area contributed by atoms with E-state index < -0.39 is 0 Å². The number of likely N-dealkylation sites (N-methyl/N-ethyl adjacent to an activating group) is 1. The van der Waals surface area contributed by atoms with Crippen LogP contribution in [-0.2, 0) is 19.5 Å². The third-order valence-corrected chi connectivity index (χ3v) is 5.09. The van der Waals surface area contributed by atoms with Crippen molar-refractivity contribution in [2.45, 2.75) is 51.7 Å². The van der Waals surface area contributed by atoms with E-state index in [1.54, 1.807) is 0 Å². The number of aryl methyl sites for hydroxylation is 1. The van der Waals surface area contributed by atoms with Gasteiger partial charge in [0.2, 0.25) is 0 Å². The van der Waals surface area contributed by atoms with Crippen molar-refractivity contribution in [2.75, 3.05) is 27.7 Å². The lowest BCUT2D eigenvalue weighted by Crippen LogP contribution is -2.38. The van der Waals surface area contributed by atoms with Gasteiger partial charge in [-0.05, 0) is 58.6 Å². The van der Waals surface area contributed by atoms with Gasteiger partial charge in [0.05, 0.1) is 11.0 Å². The largest absolute Gasteiger partial charge is 0.328 e. The average Bonchev–Trinajstić information content (AvgIpc) is 2.79. The minimum Gasteiger partial charge on any atom is -0.328 e. The molecule has 0 aliphatic heterocycles. The average molecular weight is 314 g/mol. The molecule has 0 atom stereocenters. The molecule has 0 bridgehead atoms. The fourth-order valence-electron chi connectivity index (χ4n) is 3.52. The second kappa shape index (κ2) is 7.02. The Kier molecular flexibility index (Phi) is 5.02. The summed E-state index contributed by atoms with van der Waals surface area (Å²) in [6, 6.07) is 7.53. The second-order valence-electron chi connectivity index (χ2n) is 7.15. The number of imidazole rings is 1. The zero-order chi connectivity index (χ0) is 16.4. The first-order chi connectivity index (χ1) is 11.1. The van der Waals surface area contributed by atoms with Crippen molar-refractivity contribution >= 4 is 11.0 Å². The molecule has 3 rings (SSSR count). The smallest absolute Gasteiger partial charge is 0.111 e. The summed E-state index contributed by atoms with van der Waals surface area (Å²) in [6.07, 6.45) is 5.18. The van der Waals surface area contributed by atoms with E-state index in [0.717, 1.165) is 37.6 Å². The molecule has 1 aromatic carbocycles. The van der Waals surface area contributed by atoms with Crippen molar-refractivity contribution in [1.82, 2.24) is 19.4 Å². The summed E-state index contributed by atoms with van der Waals surface area (Å²) in [5.41, 5.74) is 3.75. The molecule has 0 radical (unpaired) electrons. The van der Waals surface area contributed by atoms with Crippen molar-refractivity contribution in [3.63, 3.8) is 0 Å². The summed E-state index contributed by atoms with van der Waals surface area (Å²) in [7, 11) is 6.48. The Balaban J connectivity index is 1.78. The van der Waals surface area contributed by atoms with Crippen LogP contribution in [0.25, 0.3) is 11.0 Å². The molecule has 0 unspecified atom stereocenters. The van der Waals surface area contributed by atoms with Crippen LogP contribution in [0, 0.1) is 0 Å². The Morgan fingerprint density at radius 1 is 1.22 bits per heavy atom. The van der Waals surface area contributed by atoms with Gasteiger partial charge in [0, 0.05) is 32.1 Å². The Labute approximate surface area is 140 Å². The van der Waals surface area contributed by atoms with E-state index in [2.05, 4.69) is 60.6 Å². The number of fused-ring (bicyclic) bond motifs is 1. The van der Waals surface area contributed by atoms with Crippen molar-refractivity contribution in [2.24, 2.45) is 0 Å². The number of rotatable bonds is 7. The normalized spacial score (nSPS) is 15.7. The highest BCUT2D eigenvalue weighted by molar-refractivity contribution is 5.77. The fourth-order valence-corrected chi connectivity index (χ4v) is 3.52. The molecule has 0 spiro atoms. The Bertz CT molecular complexity index is 655. The highest BCUT2D eigenvalue weighted by Gasteiger charge is 2.22.